The van der Waals surface area contributed by atoms with Crippen LogP contribution < -0.4 is 4.90 Å². The molecule has 8 heteroatoms. The molecular formula is C17H19N5O2S. The number of aromatic nitrogens is 2. The Morgan fingerprint density at radius 3 is 2.64 bits per heavy atom. The van der Waals surface area contributed by atoms with Crippen LogP contribution in [0.4, 0.5) is 5.82 Å². The maximum atomic E-state index is 12.2. The molecule has 2 aromatic rings. The first-order valence-corrected chi connectivity index (χ1v) is 9.68. The Hall–Kier alpha value is -2.48. The lowest BCUT2D eigenvalue weighted by atomic mass is 10.0. The van der Waals surface area contributed by atoms with E-state index >= 15 is 0 Å². The third kappa shape index (κ3) is 2.86. The molecule has 1 aromatic carbocycles. The minimum absolute atomic E-state index is 0.310. The number of fused-ring (bicyclic) bond motifs is 1. The molecule has 1 fully saturated rings. The molecule has 0 unspecified atom stereocenters. The lowest BCUT2D eigenvalue weighted by molar-refractivity contribution is 0.308. The van der Waals surface area contributed by atoms with Crippen molar-refractivity contribution < 1.29 is 8.42 Å². The number of anilines is 1. The summed E-state index contributed by atoms with van der Waals surface area (Å²) in [6, 6.07) is 9.30. The number of piperidine rings is 1. The molecule has 130 valence electrons. The first kappa shape index (κ1) is 16.0. The summed E-state index contributed by atoms with van der Waals surface area (Å²) in [5, 5.41) is 0. The Balaban J connectivity index is 1.50. The molecule has 25 heavy (non-hydrogen) atoms. The van der Waals surface area contributed by atoms with Crippen LogP contribution in [0, 0.1) is 0 Å². The molecule has 0 radical (unpaired) electrons. The fourth-order valence-corrected chi connectivity index (χ4v) is 4.69. The Labute approximate surface area is 147 Å². The van der Waals surface area contributed by atoms with Gasteiger partial charge in [0.15, 0.2) is 5.84 Å². The first-order chi connectivity index (χ1) is 12.1. The van der Waals surface area contributed by atoms with Gasteiger partial charge in [-0.05, 0) is 31.0 Å². The number of sulfonamides is 1. The van der Waals surface area contributed by atoms with Gasteiger partial charge in [-0.15, -0.1) is 4.40 Å². The van der Waals surface area contributed by atoms with Crippen LogP contribution in [0.15, 0.2) is 52.1 Å². The molecule has 0 atom stereocenters. The minimum Gasteiger partial charge on any atom is -0.356 e. The highest BCUT2D eigenvalue weighted by Gasteiger charge is 2.33. The van der Waals surface area contributed by atoms with Crippen molar-refractivity contribution in [2.45, 2.75) is 23.8 Å². The minimum atomic E-state index is -3.56. The van der Waals surface area contributed by atoms with Gasteiger partial charge >= 0.3 is 0 Å². The van der Waals surface area contributed by atoms with E-state index in [1.54, 1.807) is 24.7 Å². The Kier molecular flexibility index (Phi) is 3.91. The zero-order valence-corrected chi connectivity index (χ0v) is 14.7. The molecule has 4 rings (SSSR count). The quantitative estimate of drug-likeness (QED) is 0.811. The third-order valence-corrected chi connectivity index (χ3v) is 6.18. The molecule has 2 aliphatic heterocycles. The molecule has 0 spiro atoms. The number of nitrogens with zero attached hydrogens (tertiary/aromatic N) is 5. The van der Waals surface area contributed by atoms with Crippen molar-refractivity contribution in [3.05, 3.63) is 48.4 Å². The summed E-state index contributed by atoms with van der Waals surface area (Å²) in [7, 11) is -1.52. The van der Waals surface area contributed by atoms with E-state index in [0.29, 0.717) is 22.3 Å². The van der Waals surface area contributed by atoms with Gasteiger partial charge in [-0.2, -0.15) is 8.42 Å². The van der Waals surface area contributed by atoms with Gasteiger partial charge in [0, 0.05) is 37.9 Å². The van der Waals surface area contributed by atoms with Crippen LogP contribution in [0.3, 0.4) is 0 Å². The number of amidine groups is 1. The Morgan fingerprint density at radius 2 is 1.92 bits per heavy atom. The maximum Gasteiger partial charge on any atom is 0.285 e. The van der Waals surface area contributed by atoms with Crippen LogP contribution in [-0.4, -0.2) is 55.3 Å². The first-order valence-electron chi connectivity index (χ1n) is 8.24. The fourth-order valence-electron chi connectivity index (χ4n) is 3.46. The van der Waals surface area contributed by atoms with Gasteiger partial charge in [0.1, 0.15) is 17.0 Å². The summed E-state index contributed by atoms with van der Waals surface area (Å²) in [6.45, 7) is 1.53. The monoisotopic (exact) mass is 357 g/mol. The van der Waals surface area contributed by atoms with Crippen molar-refractivity contribution in [2.75, 3.05) is 25.0 Å². The van der Waals surface area contributed by atoms with Gasteiger partial charge in [0.2, 0.25) is 0 Å². The summed E-state index contributed by atoms with van der Waals surface area (Å²) >= 11 is 0. The highest BCUT2D eigenvalue weighted by molar-refractivity contribution is 7.90. The second-order valence-corrected chi connectivity index (χ2v) is 7.86. The van der Waals surface area contributed by atoms with Gasteiger partial charge in [-0.3, -0.25) is 0 Å². The molecular weight excluding hydrogens is 338 g/mol. The molecule has 0 bridgehead atoms. The van der Waals surface area contributed by atoms with Crippen molar-refractivity contribution in [1.82, 2.24) is 14.9 Å². The van der Waals surface area contributed by atoms with E-state index in [1.165, 1.54) is 0 Å². The van der Waals surface area contributed by atoms with Gasteiger partial charge < -0.3 is 9.80 Å². The van der Waals surface area contributed by atoms with Crippen LogP contribution in [0.1, 0.15) is 18.4 Å². The standard InChI is InChI=1S/C17H19N5O2S/c1-21(16-6-9-18-12-19-16)13-7-10-22(11-8-13)17-14-4-2-3-5-15(14)25(23,24)20-17/h2-6,9,12-13H,7-8,10-11H2,1H3. The predicted octanol–water partition coefficient (Wildman–Crippen LogP) is 1.53. The smallest absolute Gasteiger partial charge is 0.285 e. The molecule has 7 nitrogen and oxygen atoms in total. The lowest BCUT2D eigenvalue weighted by Crippen LogP contribution is -2.45. The zero-order chi connectivity index (χ0) is 17.4. The van der Waals surface area contributed by atoms with Crippen LogP contribution in [0.5, 0.6) is 0 Å². The summed E-state index contributed by atoms with van der Waals surface area (Å²) in [6.07, 6.45) is 5.13. The highest BCUT2D eigenvalue weighted by Crippen LogP contribution is 2.29. The SMILES string of the molecule is CN(c1ccncn1)C1CCN(C2=NS(=O)(=O)c3ccccc32)CC1. The normalized spacial score (nSPS) is 19.4. The Bertz CT molecular complexity index is 906. The number of rotatable bonds is 2. The van der Waals surface area contributed by atoms with Crippen LogP contribution in [0.25, 0.3) is 0 Å². The van der Waals surface area contributed by atoms with E-state index in [0.717, 1.165) is 31.7 Å². The highest BCUT2D eigenvalue weighted by atomic mass is 32.2. The van der Waals surface area contributed by atoms with E-state index in [1.807, 2.05) is 25.2 Å². The van der Waals surface area contributed by atoms with Crippen molar-refractivity contribution in [3.63, 3.8) is 0 Å². The van der Waals surface area contributed by atoms with E-state index in [4.69, 9.17) is 0 Å². The van der Waals surface area contributed by atoms with E-state index in [9.17, 15) is 8.42 Å². The second kappa shape index (κ2) is 6.11. The molecule has 2 aliphatic rings. The molecule has 1 saturated heterocycles. The molecule has 0 amide bonds. The summed E-state index contributed by atoms with van der Waals surface area (Å²) in [4.78, 5) is 12.8. The van der Waals surface area contributed by atoms with E-state index in [-0.39, 0.29) is 0 Å². The zero-order valence-electron chi connectivity index (χ0n) is 13.9. The average molecular weight is 357 g/mol. The largest absolute Gasteiger partial charge is 0.356 e. The van der Waals surface area contributed by atoms with E-state index < -0.39 is 10.0 Å². The average Bonchev–Trinajstić information content (AvgIpc) is 2.94. The van der Waals surface area contributed by atoms with Crippen molar-refractivity contribution in [2.24, 2.45) is 4.40 Å². The van der Waals surface area contributed by atoms with Crippen molar-refractivity contribution in [1.29, 1.82) is 0 Å². The topological polar surface area (TPSA) is 78.8 Å². The molecule has 0 N–H and O–H groups in total. The molecule has 0 aliphatic carbocycles. The van der Waals surface area contributed by atoms with E-state index in [2.05, 4.69) is 24.2 Å². The third-order valence-electron chi connectivity index (χ3n) is 4.85. The second-order valence-electron chi connectivity index (χ2n) is 6.28. The number of hydrogen-bond donors (Lipinski definition) is 0. The van der Waals surface area contributed by atoms with Gasteiger partial charge in [-0.25, -0.2) is 9.97 Å². The number of likely N-dealkylation sites (tertiary alicyclic amines) is 1. The van der Waals surface area contributed by atoms with Crippen LogP contribution >= 0.6 is 0 Å². The molecule has 3 heterocycles. The van der Waals surface area contributed by atoms with Crippen LogP contribution in [-0.2, 0) is 10.0 Å². The molecule has 0 saturated carbocycles. The fraction of sp³-hybridized carbons (Fsp3) is 0.353. The summed E-state index contributed by atoms with van der Waals surface area (Å²) < 4.78 is 28.5. The number of hydrogen-bond acceptors (Lipinski definition) is 6. The lowest BCUT2D eigenvalue weighted by Gasteiger charge is -2.38. The van der Waals surface area contributed by atoms with Gasteiger partial charge in [0.25, 0.3) is 10.0 Å². The molecule has 1 aromatic heterocycles. The summed E-state index contributed by atoms with van der Waals surface area (Å²) in [5.41, 5.74) is 0.713. The maximum absolute atomic E-state index is 12.2. The summed E-state index contributed by atoms with van der Waals surface area (Å²) in [5.74, 6) is 1.48. The van der Waals surface area contributed by atoms with Gasteiger partial charge in [0.05, 0.1) is 0 Å². The Morgan fingerprint density at radius 1 is 1.16 bits per heavy atom. The van der Waals surface area contributed by atoms with Gasteiger partial charge in [-0.1, -0.05) is 12.1 Å². The van der Waals surface area contributed by atoms with Crippen molar-refractivity contribution in [3.8, 4) is 0 Å². The van der Waals surface area contributed by atoms with Crippen LogP contribution in [0.2, 0.25) is 0 Å². The number of benzene rings is 1. The predicted molar refractivity (Wildman–Crippen MR) is 95.2 cm³/mol. The van der Waals surface area contributed by atoms with Crippen molar-refractivity contribution >= 4 is 21.7 Å².